The number of fused-ring (bicyclic) bond motifs is 3. The molecule has 0 aromatic heterocycles. The number of carbonyl (C=O) groups is 2. The van der Waals surface area contributed by atoms with Gasteiger partial charge in [-0.25, -0.2) is 0 Å². The molecule has 0 heterocycles. The lowest BCUT2D eigenvalue weighted by Crippen LogP contribution is -2.58. The molecular formula is C23H33NO2. The van der Waals surface area contributed by atoms with E-state index in [4.69, 9.17) is 6.42 Å². The summed E-state index contributed by atoms with van der Waals surface area (Å²) in [7, 11) is 0. The Labute approximate surface area is 158 Å². The fraction of sp³-hybridized carbons (Fsp3) is 0.826. The van der Waals surface area contributed by atoms with Crippen LogP contribution < -0.4 is 5.32 Å². The number of rotatable bonds is 2. The van der Waals surface area contributed by atoms with Crippen molar-refractivity contribution in [2.24, 2.45) is 33.5 Å². The maximum absolute atomic E-state index is 12.8. The number of nitrogens with one attached hydrogen (secondary N) is 1. The molecule has 2 bridgehead atoms. The van der Waals surface area contributed by atoms with Gasteiger partial charge in [-0.05, 0) is 78.9 Å². The number of amides is 1. The summed E-state index contributed by atoms with van der Waals surface area (Å²) in [6.07, 6.45) is 15.5. The van der Waals surface area contributed by atoms with Gasteiger partial charge in [-0.3, -0.25) is 9.59 Å². The Kier molecular flexibility index (Phi) is 3.89. The molecule has 3 heteroatoms. The zero-order valence-corrected chi connectivity index (χ0v) is 16.6. The van der Waals surface area contributed by atoms with Gasteiger partial charge >= 0.3 is 0 Å². The number of hydrogen-bond donors (Lipinski definition) is 1. The quantitative estimate of drug-likeness (QED) is 0.758. The van der Waals surface area contributed by atoms with Crippen molar-refractivity contribution in [3.63, 3.8) is 0 Å². The Morgan fingerprint density at radius 2 is 1.88 bits per heavy atom. The highest BCUT2D eigenvalue weighted by Crippen LogP contribution is 2.72. The number of ketones is 1. The summed E-state index contributed by atoms with van der Waals surface area (Å²) in [6.45, 7) is 7.77. The van der Waals surface area contributed by atoms with Crippen molar-refractivity contribution in [1.29, 1.82) is 0 Å². The van der Waals surface area contributed by atoms with Gasteiger partial charge in [0.25, 0.3) is 5.91 Å². The van der Waals surface area contributed by atoms with E-state index in [0.717, 1.165) is 25.7 Å². The zero-order valence-electron chi connectivity index (χ0n) is 16.6. The van der Waals surface area contributed by atoms with E-state index in [9.17, 15) is 9.59 Å². The van der Waals surface area contributed by atoms with Crippen LogP contribution in [0.25, 0.3) is 0 Å². The molecular weight excluding hydrogens is 322 g/mol. The average Bonchev–Trinajstić information content (AvgIpc) is 2.76. The first-order chi connectivity index (χ1) is 12.2. The normalized spacial score (nSPS) is 49.7. The molecule has 4 aliphatic rings. The summed E-state index contributed by atoms with van der Waals surface area (Å²) < 4.78 is 0. The van der Waals surface area contributed by atoms with Gasteiger partial charge in [0, 0.05) is 18.4 Å². The van der Waals surface area contributed by atoms with Gasteiger partial charge in [-0.15, -0.1) is 6.42 Å². The summed E-state index contributed by atoms with van der Waals surface area (Å²) in [5.41, 5.74) is 0.622. The van der Waals surface area contributed by atoms with E-state index >= 15 is 0 Å². The van der Waals surface area contributed by atoms with E-state index in [-0.39, 0.29) is 27.6 Å². The monoisotopic (exact) mass is 355 g/mol. The minimum absolute atomic E-state index is 0.0432. The fourth-order valence-corrected chi connectivity index (χ4v) is 8.18. The fourth-order valence-electron chi connectivity index (χ4n) is 8.18. The summed E-state index contributed by atoms with van der Waals surface area (Å²) in [5.74, 6) is 3.70. The van der Waals surface area contributed by atoms with Crippen molar-refractivity contribution in [3.05, 3.63) is 0 Å². The second-order valence-electron chi connectivity index (χ2n) is 10.7. The number of terminal acetylenes is 1. The minimum Gasteiger partial charge on any atom is -0.345 e. The second kappa shape index (κ2) is 5.60. The molecule has 2 unspecified atom stereocenters. The van der Waals surface area contributed by atoms with Gasteiger partial charge in [0.05, 0.1) is 0 Å². The lowest BCUT2D eigenvalue weighted by atomic mass is 9.40. The predicted octanol–water partition coefficient (Wildman–Crippen LogP) is 4.11. The molecule has 0 radical (unpaired) electrons. The molecule has 1 spiro atoms. The molecule has 6 atom stereocenters. The SMILES string of the molecule is C#CC(=O)NC[C@]1(C)CCC[C@]2(C)C1CC[C@@]13CC(=O)[C@@](C)(CCC12)C3. The van der Waals surface area contributed by atoms with Crippen molar-refractivity contribution in [2.45, 2.75) is 78.6 Å². The van der Waals surface area contributed by atoms with Crippen LogP contribution in [0, 0.1) is 45.8 Å². The molecule has 1 amide bonds. The molecule has 4 aliphatic carbocycles. The molecule has 0 aromatic rings. The van der Waals surface area contributed by atoms with E-state index in [1.807, 2.05) is 0 Å². The number of Topliss-reactive ketones (excluding diaryl/α,β-unsaturated/α-hetero) is 1. The average molecular weight is 356 g/mol. The smallest absolute Gasteiger partial charge is 0.295 e. The number of hydrogen-bond acceptors (Lipinski definition) is 2. The first-order valence-electron chi connectivity index (χ1n) is 10.5. The zero-order chi connectivity index (χ0) is 18.8. The van der Waals surface area contributed by atoms with Crippen LogP contribution in [0.15, 0.2) is 0 Å². The molecule has 26 heavy (non-hydrogen) atoms. The molecule has 0 aliphatic heterocycles. The molecule has 4 saturated carbocycles. The Bertz CT molecular complexity index is 693. The van der Waals surface area contributed by atoms with E-state index in [2.05, 4.69) is 32.0 Å². The molecule has 1 N–H and O–H groups in total. The minimum atomic E-state index is -0.291. The van der Waals surface area contributed by atoms with E-state index < -0.39 is 0 Å². The van der Waals surface area contributed by atoms with Gasteiger partial charge < -0.3 is 5.32 Å². The molecule has 4 fully saturated rings. The van der Waals surface area contributed by atoms with Crippen LogP contribution in [0.3, 0.4) is 0 Å². The van der Waals surface area contributed by atoms with Gasteiger partial charge in [-0.2, -0.15) is 0 Å². The van der Waals surface area contributed by atoms with Gasteiger partial charge in [-0.1, -0.05) is 27.2 Å². The van der Waals surface area contributed by atoms with E-state index in [1.54, 1.807) is 0 Å². The third kappa shape index (κ3) is 2.33. The van der Waals surface area contributed by atoms with Crippen LogP contribution in [-0.2, 0) is 9.59 Å². The van der Waals surface area contributed by atoms with Gasteiger partial charge in [0.2, 0.25) is 0 Å². The molecule has 142 valence electrons. The van der Waals surface area contributed by atoms with Crippen LogP contribution >= 0.6 is 0 Å². The maximum Gasteiger partial charge on any atom is 0.295 e. The van der Waals surface area contributed by atoms with Crippen LogP contribution in [-0.4, -0.2) is 18.2 Å². The van der Waals surface area contributed by atoms with Gasteiger partial charge in [0.15, 0.2) is 0 Å². The standard InChI is InChI=1S/C23H33NO2/c1-5-19(26)24-15-21(3)9-6-10-22(4)16(21)8-12-23-13-18(25)20(2,14-23)11-7-17(22)23/h1,16-17H,6-15H2,2-4H3,(H,24,26)/t16?,17?,20-,21-,22+,23-/m0/s1. The van der Waals surface area contributed by atoms with Crippen molar-refractivity contribution in [3.8, 4) is 12.3 Å². The van der Waals surface area contributed by atoms with Crippen molar-refractivity contribution < 1.29 is 9.59 Å². The van der Waals surface area contributed by atoms with Gasteiger partial charge in [0.1, 0.15) is 5.78 Å². The maximum atomic E-state index is 12.8. The lowest BCUT2D eigenvalue weighted by Gasteiger charge is -2.64. The Hall–Kier alpha value is -1.30. The number of carbonyl (C=O) groups excluding carboxylic acids is 2. The molecule has 0 aromatic carbocycles. The Morgan fingerprint density at radius 1 is 1.15 bits per heavy atom. The predicted molar refractivity (Wildman–Crippen MR) is 102 cm³/mol. The largest absolute Gasteiger partial charge is 0.345 e. The second-order valence-corrected chi connectivity index (χ2v) is 10.7. The van der Waals surface area contributed by atoms with E-state index in [1.165, 1.54) is 32.1 Å². The van der Waals surface area contributed by atoms with Crippen LogP contribution in [0.4, 0.5) is 0 Å². The highest BCUT2D eigenvalue weighted by Gasteiger charge is 2.67. The first-order valence-corrected chi connectivity index (χ1v) is 10.5. The first kappa shape index (κ1) is 18.1. The highest BCUT2D eigenvalue weighted by atomic mass is 16.1. The molecule has 4 rings (SSSR count). The van der Waals surface area contributed by atoms with Crippen molar-refractivity contribution >= 4 is 11.7 Å². The Balaban J connectivity index is 1.63. The third-order valence-corrected chi connectivity index (χ3v) is 9.26. The van der Waals surface area contributed by atoms with Crippen LogP contribution in [0.2, 0.25) is 0 Å². The topological polar surface area (TPSA) is 46.2 Å². The van der Waals surface area contributed by atoms with Crippen molar-refractivity contribution in [1.82, 2.24) is 5.32 Å². The summed E-state index contributed by atoms with van der Waals surface area (Å²) in [5, 5.41) is 2.98. The summed E-state index contributed by atoms with van der Waals surface area (Å²) >= 11 is 0. The lowest BCUT2D eigenvalue weighted by molar-refractivity contribution is -0.154. The summed E-state index contributed by atoms with van der Waals surface area (Å²) in [4.78, 5) is 24.4. The van der Waals surface area contributed by atoms with E-state index in [0.29, 0.717) is 24.2 Å². The highest BCUT2D eigenvalue weighted by molar-refractivity contribution is 5.92. The van der Waals surface area contributed by atoms with Crippen LogP contribution in [0.5, 0.6) is 0 Å². The molecule has 0 saturated heterocycles. The molecule has 3 nitrogen and oxygen atoms in total. The van der Waals surface area contributed by atoms with Crippen molar-refractivity contribution in [2.75, 3.05) is 6.54 Å². The third-order valence-electron chi connectivity index (χ3n) is 9.26. The Morgan fingerprint density at radius 3 is 2.62 bits per heavy atom. The van der Waals surface area contributed by atoms with Crippen LogP contribution in [0.1, 0.15) is 78.6 Å². The summed E-state index contributed by atoms with van der Waals surface area (Å²) in [6, 6.07) is 0.